The fraction of sp³-hybridized carbons (Fsp3) is 0.214. The number of rotatable bonds is 2. The summed E-state index contributed by atoms with van der Waals surface area (Å²) in [5.41, 5.74) is 1.92. The molecule has 0 saturated carbocycles. The largest absolute Gasteiger partial charge is 0.478 e. The van der Waals surface area contributed by atoms with Gasteiger partial charge in [0.2, 0.25) is 0 Å². The minimum Gasteiger partial charge on any atom is -0.478 e. The van der Waals surface area contributed by atoms with Crippen molar-refractivity contribution in [2.24, 2.45) is 5.92 Å². The zero-order valence-electron chi connectivity index (χ0n) is 9.97. The molecule has 2 aromatic rings. The highest BCUT2D eigenvalue weighted by atomic mass is 16.4. The van der Waals surface area contributed by atoms with Crippen LogP contribution >= 0.6 is 0 Å². The zero-order chi connectivity index (χ0) is 13.6. The first-order chi connectivity index (χ1) is 9.13. The standard InChI is InChI=1S/C14H11NO4/c16-6-7-4-5-8-11-9(14(18)19)2-1-3-10(11)15-12(8)13(7)17/h1-3,6-7,15H,4-5H2,(H,18,19). The molecule has 96 valence electrons. The van der Waals surface area contributed by atoms with Gasteiger partial charge < -0.3 is 14.9 Å². The lowest BCUT2D eigenvalue weighted by molar-refractivity contribution is -0.110. The van der Waals surface area contributed by atoms with Crippen LogP contribution in [0.15, 0.2) is 18.2 Å². The Labute approximate surface area is 108 Å². The van der Waals surface area contributed by atoms with Gasteiger partial charge in [0.15, 0.2) is 5.78 Å². The molecule has 2 N–H and O–H groups in total. The average Bonchev–Trinajstić information content (AvgIpc) is 2.78. The molecule has 1 atom stereocenters. The molecular formula is C14H11NO4. The van der Waals surface area contributed by atoms with Gasteiger partial charge in [0.05, 0.1) is 17.2 Å². The van der Waals surface area contributed by atoms with Crippen LogP contribution in [0.1, 0.15) is 32.8 Å². The monoisotopic (exact) mass is 257 g/mol. The lowest BCUT2D eigenvalue weighted by Gasteiger charge is -2.16. The second-order valence-electron chi connectivity index (χ2n) is 4.66. The summed E-state index contributed by atoms with van der Waals surface area (Å²) in [6.45, 7) is 0. The highest BCUT2D eigenvalue weighted by molar-refractivity contribution is 6.13. The molecule has 0 bridgehead atoms. The van der Waals surface area contributed by atoms with Crippen molar-refractivity contribution in [1.29, 1.82) is 0 Å². The van der Waals surface area contributed by atoms with Crippen LogP contribution in [0.25, 0.3) is 10.9 Å². The first-order valence-electron chi connectivity index (χ1n) is 6.00. The zero-order valence-corrected chi connectivity index (χ0v) is 9.97. The van der Waals surface area contributed by atoms with Crippen LogP contribution in [0, 0.1) is 5.92 Å². The Morgan fingerprint density at radius 3 is 2.89 bits per heavy atom. The van der Waals surface area contributed by atoms with Gasteiger partial charge in [-0.3, -0.25) is 4.79 Å². The summed E-state index contributed by atoms with van der Waals surface area (Å²) < 4.78 is 0. The van der Waals surface area contributed by atoms with E-state index in [1.54, 1.807) is 12.1 Å². The van der Waals surface area contributed by atoms with E-state index in [1.807, 2.05) is 0 Å². The van der Waals surface area contributed by atoms with E-state index < -0.39 is 11.9 Å². The van der Waals surface area contributed by atoms with Gasteiger partial charge in [-0.2, -0.15) is 0 Å². The molecule has 1 aromatic carbocycles. The van der Waals surface area contributed by atoms with Gasteiger partial charge in [-0.25, -0.2) is 4.79 Å². The Kier molecular flexibility index (Phi) is 2.48. The number of carbonyl (C=O) groups is 3. The lowest BCUT2D eigenvalue weighted by Crippen LogP contribution is -2.23. The van der Waals surface area contributed by atoms with Crippen LogP contribution in [0.5, 0.6) is 0 Å². The number of nitrogens with one attached hydrogen (secondary N) is 1. The van der Waals surface area contributed by atoms with Crippen molar-refractivity contribution in [2.75, 3.05) is 0 Å². The molecule has 0 amide bonds. The minimum atomic E-state index is -1.02. The molecule has 1 unspecified atom stereocenters. The maximum absolute atomic E-state index is 12.1. The molecule has 5 heteroatoms. The number of carboxylic acids is 1. The van der Waals surface area contributed by atoms with Gasteiger partial charge in [0.1, 0.15) is 6.29 Å². The number of carboxylic acid groups (broad SMARTS) is 1. The third-order valence-corrected chi connectivity index (χ3v) is 3.61. The van der Waals surface area contributed by atoms with Gasteiger partial charge in [-0.05, 0) is 30.5 Å². The predicted octanol–water partition coefficient (Wildman–Crippen LogP) is 1.81. The third kappa shape index (κ3) is 1.58. The van der Waals surface area contributed by atoms with Crippen molar-refractivity contribution in [3.8, 4) is 0 Å². The normalized spacial score (nSPS) is 18.3. The molecule has 1 aliphatic carbocycles. The summed E-state index contributed by atoms with van der Waals surface area (Å²) in [7, 11) is 0. The fourth-order valence-electron chi connectivity index (χ4n) is 2.70. The van der Waals surface area contributed by atoms with Crippen LogP contribution in [-0.2, 0) is 11.2 Å². The molecule has 0 aliphatic heterocycles. The number of hydrogen-bond acceptors (Lipinski definition) is 3. The number of aryl methyl sites for hydroxylation is 1. The van der Waals surface area contributed by atoms with Gasteiger partial charge in [-0.1, -0.05) is 6.07 Å². The number of aromatic nitrogens is 1. The van der Waals surface area contributed by atoms with Crippen LogP contribution in [0.3, 0.4) is 0 Å². The molecule has 1 aromatic heterocycles. The quantitative estimate of drug-likeness (QED) is 0.634. The summed E-state index contributed by atoms with van der Waals surface area (Å²) in [6, 6.07) is 4.90. The Hall–Kier alpha value is -2.43. The average molecular weight is 257 g/mol. The highest BCUT2D eigenvalue weighted by Gasteiger charge is 2.31. The van der Waals surface area contributed by atoms with Crippen molar-refractivity contribution in [3.05, 3.63) is 35.0 Å². The minimum absolute atomic E-state index is 0.187. The summed E-state index contributed by atoms with van der Waals surface area (Å²) in [6.07, 6.45) is 1.64. The Morgan fingerprint density at radius 1 is 1.42 bits per heavy atom. The van der Waals surface area contributed by atoms with E-state index in [1.165, 1.54) is 6.07 Å². The topological polar surface area (TPSA) is 87.2 Å². The van der Waals surface area contributed by atoms with E-state index in [2.05, 4.69) is 4.98 Å². The maximum Gasteiger partial charge on any atom is 0.336 e. The van der Waals surface area contributed by atoms with Crippen LogP contribution < -0.4 is 0 Å². The van der Waals surface area contributed by atoms with Crippen molar-refractivity contribution in [1.82, 2.24) is 4.98 Å². The SMILES string of the molecule is O=CC1CCc2c([nH]c3cccc(C(=O)O)c23)C1=O. The molecule has 5 nitrogen and oxygen atoms in total. The molecule has 0 fully saturated rings. The Bertz CT molecular complexity index is 714. The Balaban J connectivity index is 2.30. The molecule has 1 aliphatic rings. The number of ketones is 1. The summed E-state index contributed by atoms with van der Waals surface area (Å²) >= 11 is 0. The first kappa shape index (κ1) is 11.6. The molecule has 1 heterocycles. The van der Waals surface area contributed by atoms with E-state index in [-0.39, 0.29) is 11.3 Å². The molecule has 3 rings (SSSR count). The summed E-state index contributed by atoms with van der Waals surface area (Å²) in [5, 5.41) is 9.80. The third-order valence-electron chi connectivity index (χ3n) is 3.61. The Morgan fingerprint density at radius 2 is 2.21 bits per heavy atom. The van der Waals surface area contributed by atoms with Crippen molar-refractivity contribution < 1.29 is 19.5 Å². The molecule has 0 spiro atoms. The first-order valence-corrected chi connectivity index (χ1v) is 6.00. The number of fused-ring (bicyclic) bond motifs is 3. The number of carbonyl (C=O) groups excluding carboxylic acids is 2. The van der Waals surface area contributed by atoms with Gasteiger partial charge in [0, 0.05) is 10.9 Å². The second kappa shape index (κ2) is 4.05. The number of H-pyrrole nitrogens is 1. The van der Waals surface area contributed by atoms with E-state index in [0.717, 1.165) is 5.56 Å². The maximum atomic E-state index is 12.1. The smallest absolute Gasteiger partial charge is 0.336 e. The fourth-order valence-corrected chi connectivity index (χ4v) is 2.70. The van der Waals surface area contributed by atoms with Crippen LogP contribution in [-0.4, -0.2) is 28.1 Å². The number of aldehydes is 1. The van der Waals surface area contributed by atoms with Crippen molar-refractivity contribution >= 4 is 28.9 Å². The van der Waals surface area contributed by atoms with E-state index in [4.69, 9.17) is 0 Å². The number of hydrogen-bond donors (Lipinski definition) is 2. The molecule has 0 radical (unpaired) electrons. The number of Topliss-reactive ketones (excluding diaryl/α,β-unsaturated/α-hetero) is 1. The van der Waals surface area contributed by atoms with E-state index in [9.17, 15) is 19.5 Å². The van der Waals surface area contributed by atoms with Crippen molar-refractivity contribution in [3.63, 3.8) is 0 Å². The van der Waals surface area contributed by atoms with Crippen LogP contribution in [0.2, 0.25) is 0 Å². The molecular weight excluding hydrogens is 246 g/mol. The van der Waals surface area contributed by atoms with Crippen LogP contribution in [0.4, 0.5) is 0 Å². The van der Waals surface area contributed by atoms with E-state index >= 15 is 0 Å². The van der Waals surface area contributed by atoms with Gasteiger partial charge in [-0.15, -0.1) is 0 Å². The highest BCUT2D eigenvalue weighted by Crippen LogP contribution is 2.33. The van der Waals surface area contributed by atoms with Gasteiger partial charge >= 0.3 is 5.97 Å². The van der Waals surface area contributed by atoms with Gasteiger partial charge in [0.25, 0.3) is 0 Å². The lowest BCUT2D eigenvalue weighted by atomic mass is 9.86. The summed E-state index contributed by atoms with van der Waals surface area (Å²) in [5.74, 6) is -1.88. The molecule has 19 heavy (non-hydrogen) atoms. The van der Waals surface area contributed by atoms with E-state index in [0.29, 0.717) is 35.7 Å². The molecule has 0 saturated heterocycles. The number of aromatic amines is 1. The summed E-state index contributed by atoms with van der Waals surface area (Å²) in [4.78, 5) is 37.1. The van der Waals surface area contributed by atoms with Crippen molar-refractivity contribution in [2.45, 2.75) is 12.8 Å². The predicted molar refractivity (Wildman–Crippen MR) is 67.5 cm³/mol. The number of aromatic carboxylic acids is 1. The number of benzene rings is 1. The second-order valence-corrected chi connectivity index (χ2v) is 4.66.